The van der Waals surface area contributed by atoms with Crippen LogP contribution in [0.15, 0.2) is 46.9 Å². The third-order valence-corrected chi connectivity index (χ3v) is 3.54. The van der Waals surface area contributed by atoms with Crippen LogP contribution in [0.25, 0.3) is 0 Å². The number of nitro benzene ring substituents is 1. The number of benzene rings is 2. The van der Waals surface area contributed by atoms with Crippen molar-refractivity contribution in [2.75, 3.05) is 5.32 Å². The van der Waals surface area contributed by atoms with E-state index in [1.54, 1.807) is 0 Å². The lowest BCUT2D eigenvalue weighted by molar-refractivity contribution is -0.384. The van der Waals surface area contributed by atoms with Gasteiger partial charge in [0.1, 0.15) is 11.5 Å². The minimum absolute atomic E-state index is 0.0633. The molecule has 0 spiro atoms. The number of hydrogen-bond acceptors (Lipinski definition) is 3. The number of nitro groups is 1. The number of nitrogens with zero attached hydrogens (tertiary/aromatic N) is 1. The third-order valence-electron chi connectivity index (χ3n) is 3.01. The summed E-state index contributed by atoms with van der Waals surface area (Å²) in [6.45, 7) is 1.90. The molecule has 0 aliphatic carbocycles. The van der Waals surface area contributed by atoms with Gasteiger partial charge in [0.15, 0.2) is 0 Å². The summed E-state index contributed by atoms with van der Waals surface area (Å²) < 4.78 is 14.3. The van der Waals surface area contributed by atoms with Crippen LogP contribution in [0.1, 0.15) is 12.5 Å². The maximum atomic E-state index is 13.3. The van der Waals surface area contributed by atoms with E-state index < -0.39 is 10.7 Å². The van der Waals surface area contributed by atoms with Gasteiger partial charge in [-0.15, -0.1) is 0 Å². The fourth-order valence-corrected chi connectivity index (χ4v) is 2.34. The van der Waals surface area contributed by atoms with Gasteiger partial charge in [-0.3, -0.25) is 10.1 Å². The highest BCUT2D eigenvalue weighted by atomic mass is 79.9. The van der Waals surface area contributed by atoms with Gasteiger partial charge < -0.3 is 5.32 Å². The van der Waals surface area contributed by atoms with Crippen LogP contribution in [0, 0.1) is 15.9 Å². The fraction of sp³-hybridized carbons (Fsp3) is 0.200. The summed E-state index contributed by atoms with van der Waals surface area (Å²) in [5.41, 5.74) is 1.17. The predicted molar refractivity (Wildman–Crippen MR) is 84.0 cm³/mol. The topological polar surface area (TPSA) is 55.2 Å². The summed E-state index contributed by atoms with van der Waals surface area (Å²) >= 11 is 3.37. The quantitative estimate of drug-likeness (QED) is 0.634. The molecule has 0 bridgehead atoms. The summed E-state index contributed by atoms with van der Waals surface area (Å²) in [6.07, 6.45) is 0.681. The molecule has 2 rings (SSSR count). The van der Waals surface area contributed by atoms with Gasteiger partial charge in [0.05, 0.1) is 4.92 Å². The normalized spacial score (nSPS) is 12.0. The average molecular weight is 353 g/mol. The molecule has 0 radical (unpaired) electrons. The van der Waals surface area contributed by atoms with Crippen LogP contribution in [-0.2, 0) is 6.42 Å². The molecular weight excluding hydrogens is 339 g/mol. The van der Waals surface area contributed by atoms with E-state index in [1.165, 1.54) is 6.07 Å². The van der Waals surface area contributed by atoms with Crippen LogP contribution >= 0.6 is 15.9 Å². The molecule has 0 amide bonds. The van der Waals surface area contributed by atoms with Crippen LogP contribution in [0.3, 0.4) is 0 Å². The molecule has 0 saturated carbocycles. The second kappa shape index (κ2) is 6.67. The zero-order valence-corrected chi connectivity index (χ0v) is 12.9. The van der Waals surface area contributed by atoms with E-state index in [0.717, 1.165) is 22.2 Å². The van der Waals surface area contributed by atoms with Crippen molar-refractivity contribution in [3.05, 3.63) is 68.4 Å². The monoisotopic (exact) mass is 352 g/mol. The van der Waals surface area contributed by atoms with E-state index >= 15 is 0 Å². The SMILES string of the molecule is CC(Cc1ccc(Br)cc1)Nc1cc(F)ccc1[N+](=O)[O-]. The Bertz CT molecular complexity index is 647. The van der Waals surface area contributed by atoms with Gasteiger partial charge >= 0.3 is 0 Å². The van der Waals surface area contributed by atoms with E-state index in [9.17, 15) is 14.5 Å². The van der Waals surface area contributed by atoms with Gasteiger partial charge in [-0.1, -0.05) is 28.1 Å². The lowest BCUT2D eigenvalue weighted by Gasteiger charge is -2.15. The van der Waals surface area contributed by atoms with E-state index in [4.69, 9.17) is 0 Å². The van der Waals surface area contributed by atoms with Gasteiger partial charge in [0.2, 0.25) is 0 Å². The second-order valence-electron chi connectivity index (χ2n) is 4.79. The van der Waals surface area contributed by atoms with Crippen molar-refractivity contribution in [1.29, 1.82) is 0 Å². The zero-order chi connectivity index (χ0) is 15.4. The van der Waals surface area contributed by atoms with Crippen molar-refractivity contribution >= 4 is 27.3 Å². The number of rotatable bonds is 5. The van der Waals surface area contributed by atoms with Crippen molar-refractivity contribution in [3.63, 3.8) is 0 Å². The molecule has 0 aromatic heterocycles. The molecular formula is C15H14BrFN2O2. The highest BCUT2D eigenvalue weighted by Gasteiger charge is 2.16. The minimum atomic E-state index is -0.520. The Morgan fingerprint density at radius 2 is 1.95 bits per heavy atom. The Labute approximate surface area is 130 Å². The molecule has 0 aliphatic rings. The highest BCUT2D eigenvalue weighted by Crippen LogP contribution is 2.26. The van der Waals surface area contributed by atoms with Gasteiger partial charge in [-0.2, -0.15) is 0 Å². The molecule has 0 fully saturated rings. The highest BCUT2D eigenvalue weighted by molar-refractivity contribution is 9.10. The number of nitrogens with one attached hydrogen (secondary N) is 1. The summed E-state index contributed by atoms with van der Waals surface area (Å²) in [4.78, 5) is 10.4. The summed E-state index contributed by atoms with van der Waals surface area (Å²) in [5.74, 6) is -0.501. The molecule has 0 saturated heterocycles. The fourth-order valence-electron chi connectivity index (χ4n) is 2.07. The maximum absolute atomic E-state index is 13.3. The first-order valence-electron chi connectivity index (χ1n) is 6.40. The zero-order valence-electron chi connectivity index (χ0n) is 11.3. The standard InChI is InChI=1S/C15H14BrFN2O2/c1-10(8-11-2-4-12(16)5-3-11)18-14-9-13(17)6-7-15(14)19(20)21/h2-7,9-10,18H,8H2,1H3. The molecule has 2 aromatic carbocycles. The molecule has 21 heavy (non-hydrogen) atoms. The summed E-state index contributed by atoms with van der Waals surface area (Å²) in [5, 5.41) is 14.0. The number of anilines is 1. The molecule has 4 nitrogen and oxygen atoms in total. The van der Waals surface area contributed by atoms with Crippen molar-refractivity contribution in [1.82, 2.24) is 0 Å². The first kappa shape index (κ1) is 15.4. The van der Waals surface area contributed by atoms with Crippen molar-refractivity contribution in [3.8, 4) is 0 Å². The molecule has 0 aliphatic heterocycles. The van der Waals surface area contributed by atoms with E-state index in [2.05, 4.69) is 21.2 Å². The minimum Gasteiger partial charge on any atom is -0.377 e. The second-order valence-corrected chi connectivity index (χ2v) is 5.71. The molecule has 1 N–H and O–H groups in total. The first-order chi connectivity index (χ1) is 9.95. The summed E-state index contributed by atoms with van der Waals surface area (Å²) in [6, 6.07) is 11.2. The third kappa shape index (κ3) is 4.26. The Kier molecular flexibility index (Phi) is 4.90. The molecule has 1 atom stereocenters. The molecule has 2 aromatic rings. The largest absolute Gasteiger partial charge is 0.377 e. The van der Waals surface area contributed by atoms with E-state index in [0.29, 0.717) is 6.42 Å². The van der Waals surface area contributed by atoms with Gasteiger partial charge in [-0.25, -0.2) is 4.39 Å². The molecule has 6 heteroatoms. The van der Waals surface area contributed by atoms with Crippen LogP contribution in [0.4, 0.5) is 15.8 Å². The smallest absolute Gasteiger partial charge is 0.292 e. The van der Waals surface area contributed by atoms with E-state index in [1.807, 2.05) is 31.2 Å². The van der Waals surface area contributed by atoms with Gasteiger partial charge in [0, 0.05) is 22.6 Å². The predicted octanol–water partition coefficient (Wildman–Crippen LogP) is 4.54. The van der Waals surface area contributed by atoms with Crippen molar-refractivity contribution in [2.45, 2.75) is 19.4 Å². The van der Waals surface area contributed by atoms with Gasteiger partial charge in [0.25, 0.3) is 5.69 Å². The van der Waals surface area contributed by atoms with E-state index in [-0.39, 0.29) is 17.4 Å². The Morgan fingerprint density at radius 1 is 1.29 bits per heavy atom. The van der Waals surface area contributed by atoms with Crippen molar-refractivity contribution in [2.24, 2.45) is 0 Å². The average Bonchev–Trinajstić information content (AvgIpc) is 2.41. The number of hydrogen-bond donors (Lipinski definition) is 1. The number of halogens is 2. The van der Waals surface area contributed by atoms with Crippen LogP contribution in [-0.4, -0.2) is 11.0 Å². The Morgan fingerprint density at radius 3 is 2.57 bits per heavy atom. The maximum Gasteiger partial charge on any atom is 0.292 e. The van der Waals surface area contributed by atoms with Gasteiger partial charge in [-0.05, 0) is 37.1 Å². The summed E-state index contributed by atoms with van der Waals surface area (Å²) in [7, 11) is 0. The first-order valence-corrected chi connectivity index (χ1v) is 7.20. The van der Waals surface area contributed by atoms with Crippen molar-refractivity contribution < 1.29 is 9.31 Å². The lowest BCUT2D eigenvalue weighted by atomic mass is 10.1. The van der Waals surface area contributed by atoms with Crippen LogP contribution in [0.5, 0.6) is 0 Å². The molecule has 110 valence electrons. The lowest BCUT2D eigenvalue weighted by Crippen LogP contribution is -2.19. The van der Waals surface area contributed by atoms with Crippen LogP contribution < -0.4 is 5.32 Å². The van der Waals surface area contributed by atoms with Crippen LogP contribution in [0.2, 0.25) is 0 Å². The molecule has 0 heterocycles. The molecule has 1 unspecified atom stereocenters. The Balaban J connectivity index is 2.12. The Hall–Kier alpha value is -1.95.